The van der Waals surface area contributed by atoms with Gasteiger partial charge in [0.2, 0.25) is 0 Å². The van der Waals surface area contributed by atoms with E-state index in [1.807, 2.05) is 18.3 Å². The molecule has 0 aromatic carbocycles. The Balaban J connectivity index is 2.10. The van der Waals surface area contributed by atoms with Gasteiger partial charge < -0.3 is 9.47 Å². The number of pyridine rings is 1. The maximum absolute atomic E-state index is 5.21. The maximum atomic E-state index is 5.21. The zero-order valence-electron chi connectivity index (χ0n) is 7.07. The van der Waals surface area contributed by atoms with E-state index in [-0.39, 0.29) is 0 Å². The van der Waals surface area contributed by atoms with Crippen LogP contribution in [0.4, 0.5) is 0 Å². The zero-order valence-corrected chi connectivity index (χ0v) is 8.66. The minimum absolute atomic E-state index is 0.328. The monoisotopic (exact) mass is 243 g/mol. The Bertz CT molecular complexity index is 269. The minimum atomic E-state index is 0.328. The molecular weight excluding hydrogens is 234 g/mol. The molecule has 0 spiro atoms. The average molecular weight is 244 g/mol. The normalized spacial score (nSPS) is 18.8. The Hall–Kier alpha value is -0.450. The number of aromatic nitrogens is 1. The van der Waals surface area contributed by atoms with Crippen LogP contribution in [0.5, 0.6) is 0 Å². The van der Waals surface area contributed by atoms with Gasteiger partial charge in [-0.05, 0) is 27.6 Å². The number of nitrogens with zero attached hydrogens (tertiary/aromatic N) is 1. The predicted molar refractivity (Wildman–Crippen MR) is 51.4 cm³/mol. The van der Waals surface area contributed by atoms with Gasteiger partial charge in [-0.2, -0.15) is 0 Å². The molecule has 1 aliphatic rings. The van der Waals surface area contributed by atoms with Gasteiger partial charge in [-0.25, -0.2) is 4.98 Å². The first-order chi connectivity index (χ1) is 6.36. The molecule has 1 saturated heterocycles. The zero-order chi connectivity index (χ0) is 9.10. The number of rotatable bonds is 1. The van der Waals surface area contributed by atoms with Gasteiger partial charge >= 0.3 is 0 Å². The van der Waals surface area contributed by atoms with Crippen LogP contribution in [0, 0.1) is 0 Å². The van der Waals surface area contributed by atoms with Crippen molar-refractivity contribution in [2.45, 2.75) is 5.92 Å². The Labute approximate surface area is 85.2 Å². The number of halogens is 1. The second-order valence-electron chi connectivity index (χ2n) is 2.97. The van der Waals surface area contributed by atoms with Crippen molar-refractivity contribution >= 4 is 15.9 Å². The van der Waals surface area contributed by atoms with E-state index >= 15 is 0 Å². The fourth-order valence-electron chi connectivity index (χ4n) is 1.31. The molecule has 1 aliphatic heterocycles. The second kappa shape index (κ2) is 4.17. The number of ether oxygens (including phenoxy) is 2. The van der Waals surface area contributed by atoms with Crippen LogP contribution in [0.25, 0.3) is 0 Å². The van der Waals surface area contributed by atoms with Crippen LogP contribution in [0.15, 0.2) is 22.9 Å². The highest BCUT2D eigenvalue weighted by atomic mass is 79.9. The standard InChI is InChI=1S/C9H10BrNO2/c10-9-2-1-7(3-11-9)8-4-12-6-13-5-8/h1-3,8H,4-6H2. The Morgan fingerprint density at radius 1 is 1.31 bits per heavy atom. The smallest absolute Gasteiger partial charge is 0.146 e. The number of hydrogen-bond donors (Lipinski definition) is 0. The van der Waals surface area contributed by atoms with Crippen molar-refractivity contribution in [1.29, 1.82) is 0 Å². The van der Waals surface area contributed by atoms with Crippen LogP contribution in [0.3, 0.4) is 0 Å². The summed E-state index contributed by atoms with van der Waals surface area (Å²) in [5, 5.41) is 0. The summed E-state index contributed by atoms with van der Waals surface area (Å²) in [7, 11) is 0. The van der Waals surface area contributed by atoms with Crippen molar-refractivity contribution < 1.29 is 9.47 Å². The van der Waals surface area contributed by atoms with E-state index in [2.05, 4.69) is 20.9 Å². The molecule has 2 rings (SSSR count). The van der Waals surface area contributed by atoms with Crippen molar-refractivity contribution in [3.63, 3.8) is 0 Å². The van der Waals surface area contributed by atoms with Crippen LogP contribution < -0.4 is 0 Å². The lowest BCUT2D eigenvalue weighted by molar-refractivity contribution is -0.108. The van der Waals surface area contributed by atoms with E-state index in [0.717, 1.165) is 17.8 Å². The molecule has 0 atom stereocenters. The minimum Gasteiger partial charge on any atom is -0.355 e. The highest BCUT2D eigenvalue weighted by Crippen LogP contribution is 2.19. The van der Waals surface area contributed by atoms with Gasteiger partial charge in [0.05, 0.1) is 13.2 Å². The van der Waals surface area contributed by atoms with Gasteiger partial charge in [0.1, 0.15) is 11.4 Å². The summed E-state index contributed by atoms with van der Waals surface area (Å²) in [6, 6.07) is 3.98. The van der Waals surface area contributed by atoms with Crippen molar-refractivity contribution in [1.82, 2.24) is 4.98 Å². The average Bonchev–Trinajstić information content (AvgIpc) is 2.20. The predicted octanol–water partition coefficient (Wildman–Crippen LogP) is 1.93. The van der Waals surface area contributed by atoms with Gasteiger partial charge in [0.25, 0.3) is 0 Å². The molecule has 0 bridgehead atoms. The molecule has 1 fully saturated rings. The van der Waals surface area contributed by atoms with E-state index in [1.165, 1.54) is 5.56 Å². The van der Waals surface area contributed by atoms with Crippen LogP contribution in [-0.2, 0) is 9.47 Å². The maximum Gasteiger partial charge on any atom is 0.146 e. The molecule has 0 aliphatic carbocycles. The summed E-state index contributed by atoms with van der Waals surface area (Å²) >= 11 is 3.30. The molecule has 0 saturated carbocycles. The quantitative estimate of drug-likeness (QED) is 0.707. The molecule has 0 radical (unpaired) electrons. The lowest BCUT2D eigenvalue weighted by Gasteiger charge is -2.22. The molecule has 0 N–H and O–H groups in total. The van der Waals surface area contributed by atoms with Gasteiger partial charge in [-0.15, -0.1) is 0 Å². The third kappa shape index (κ3) is 2.27. The van der Waals surface area contributed by atoms with Crippen LogP contribution in [0.2, 0.25) is 0 Å². The van der Waals surface area contributed by atoms with Gasteiger partial charge in [-0.1, -0.05) is 6.07 Å². The molecule has 0 amide bonds. The SMILES string of the molecule is Brc1ccc(C2COCOC2)cn1. The van der Waals surface area contributed by atoms with Crippen molar-refractivity contribution in [3.8, 4) is 0 Å². The lowest BCUT2D eigenvalue weighted by Crippen LogP contribution is -2.22. The van der Waals surface area contributed by atoms with Gasteiger partial charge in [0.15, 0.2) is 0 Å². The van der Waals surface area contributed by atoms with Gasteiger partial charge in [-0.3, -0.25) is 0 Å². The largest absolute Gasteiger partial charge is 0.355 e. The van der Waals surface area contributed by atoms with E-state index in [4.69, 9.17) is 9.47 Å². The van der Waals surface area contributed by atoms with E-state index in [9.17, 15) is 0 Å². The topological polar surface area (TPSA) is 31.4 Å². The molecule has 4 heteroatoms. The van der Waals surface area contributed by atoms with Crippen molar-refractivity contribution in [2.24, 2.45) is 0 Å². The summed E-state index contributed by atoms with van der Waals surface area (Å²) < 4.78 is 11.3. The Morgan fingerprint density at radius 3 is 2.69 bits per heavy atom. The van der Waals surface area contributed by atoms with Gasteiger partial charge in [0, 0.05) is 12.1 Å². The first kappa shape index (κ1) is 9.12. The lowest BCUT2D eigenvalue weighted by atomic mass is 10.0. The first-order valence-corrected chi connectivity index (χ1v) is 4.92. The van der Waals surface area contributed by atoms with E-state index < -0.39 is 0 Å². The third-order valence-corrected chi connectivity index (χ3v) is 2.50. The second-order valence-corrected chi connectivity index (χ2v) is 3.78. The van der Waals surface area contributed by atoms with Crippen molar-refractivity contribution in [2.75, 3.05) is 20.0 Å². The molecule has 3 nitrogen and oxygen atoms in total. The Morgan fingerprint density at radius 2 is 2.08 bits per heavy atom. The molecule has 13 heavy (non-hydrogen) atoms. The van der Waals surface area contributed by atoms with Crippen LogP contribution in [-0.4, -0.2) is 25.0 Å². The summed E-state index contributed by atoms with van der Waals surface area (Å²) in [5.41, 5.74) is 1.17. The Kier molecular flexibility index (Phi) is 2.93. The highest BCUT2D eigenvalue weighted by Gasteiger charge is 2.16. The molecular formula is C9H10BrNO2. The molecule has 1 aromatic rings. The molecule has 70 valence electrons. The molecule has 1 aromatic heterocycles. The fraction of sp³-hybridized carbons (Fsp3) is 0.444. The fourth-order valence-corrected chi connectivity index (χ4v) is 1.54. The summed E-state index contributed by atoms with van der Waals surface area (Å²) in [4.78, 5) is 4.16. The van der Waals surface area contributed by atoms with E-state index in [0.29, 0.717) is 12.7 Å². The number of hydrogen-bond acceptors (Lipinski definition) is 3. The van der Waals surface area contributed by atoms with Crippen molar-refractivity contribution in [3.05, 3.63) is 28.5 Å². The molecule has 2 heterocycles. The van der Waals surface area contributed by atoms with Crippen LogP contribution >= 0.6 is 15.9 Å². The van der Waals surface area contributed by atoms with E-state index in [1.54, 1.807) is 0 Å². The summed E-state index contributed by atoms with van der Waals surface area (Å²) in [6.07, 6.45) is 1.85. The first-order valence-electron chi connectivity index (χ1n) is 4.13. The molecule has 0 unspecified atom stereocenters. The summed E-state index contributed by atoms with van der Waals surface area (Å²) in [6.45, 7) is 1.87. The summed E-state index contributed by atoms with van der Waals surface area (Å²) in [5.74, 6) is 0.328. The third-order valence-electron chi connectivity index (χ3n) is 2.03. The highest BCUT2D eigenvalue weighted by molar-refractivity contribution is 9.10. The van der Waals surface area contributed by atoms with Crippen LogP contribution in [0.1, 0.15) is 11.5 Å².